The summed E-state index contributed by atoms with van der Waals surface area (Å²) in [6.45, 7) is 2.53. The maximum absolute atomic E-state index is 12.6. The van der Waals surface area contributed by atoms with Gasteiger partial charge in [0.2, 0.25) is 11.8 Å². The summed E-state index contributed by atoms with van der Waals surface area (Å²) in [5.41, 5.74) is 1.30. The van der Waals surface area contributed by atoms with Gasteiger partial charge < -0.3 is 20.1 Å². The van der Waals surface area contributed by atoms with Crippen LogP contribution in [-0.2, 0) is 9.59 Å². The minimum atomic E-state index is -0.428. The molecule has 2 aromatic carbocycles. The van der Waals surface area contributed by atoms with Crippen LogP contribution in [-0.4, -0.2) is 25.0 Å². The molecule has 1 heterocycles. The molecule has 3 rings (SSSR count). The summed E-state index contributed by atoms with van der Waals surface area (Å²) in [5.74, 6) is 0.642. The largest absolute Gasteiger partial charge is 0.490 e. The van der Waals surface area contributed by atoms with Crippen LogP contribution >= 0.6 is 11.6 Å². The average Bonchev–Trinajstić information content (AvgIpc) is 2.87. The molecule has 0 spiro atoms. The number of benzene rings is 2. The first-order valence-electron chi connectivity index (χ1n) is 8.74. The standard InChI is InChI=1S/C20H21ClN2O4/c1-13(24)22-16(14-6-3-2-4-7-14)12-20(25)23-17-11-19-18(10-15(17)21)26-8-5-9-27-19/h2-4,6-7,10-11,16H,5,8-9,12H2,1H3,(H,22,24)(H,23,25). The number of amides is 2. The SMILES string of the molecule is CC(=O)NC(CC(=O)Nc1cc2c(cc1Cl)OCCCO2)c1ccccc1. The maximum atomic E-state index is 12.6. The van der Waals surface area contributed by atoms with E-state index in [1.165, 1.54) is 6.92 Å². The summed E-state index contributed by atoms with van der Waals surface area (Å²) in [6, 6.07) is 12.2. The number of ether oxygens (including phenoxy) is 2. The molecule has 7 heteroatoms. The van der Waals surface area contributed by atoms with E-state index in [2.05, 4.69) is 10.6 Å². The Bertz CT molecular complexity index is 826. The molecule has 0 bridgehead atoms. The number of fused-ring (bicyclic) bond motifs is 1. The van der Waals surface area contributed by atoms with Crippen molar-refractivity contribution >= 4 is 29.1 Å². The number of nitrogens with one attached hydrogen (secondary N) is 2. The van der Waals surface area contributed by atoms with Gasteiger partial charge >= 0.3 is 0 Å². The number of carbonyl (C=O) groups excluding carboxylic acids is 2. The topological polar surface area (TPSA) is 76.7 Å². The molecule has 1 atom stereocenters. The smallest absolute Gasteiger partial charge is 0.226 e. The highest BCUT2D eigenvalue weighted by Crippen LogP contribution is 2.37. The van der Waals surface area contributed by atoms with Crippen molar-refractivity contribution in [3.63, 3.8) is 0 Å². The molecular formula is C20H21ClN2O4. The Morgan fingerprint density at radius 1 is 1.11 bits per heavy atom. The first kappa shape index (κ1) is 19.0. The third-order valence-electron chi connectivity index (χ3n) is 4.08. The van der Waals surface area contributed by atoms with Crippen LogP contribution < -0.4 is 20.1 Å². The highest BCUT2D eigenvalue weighted by molar-refractivity contribution is 6.34. The van der Waals surface area contributed by atoms with Crippen LogP contribution in [0.15, 0.2) is 42.5 Å². The second-order valence-electron chi connectivity index (χ2n) is 6.25. The highest BCUT2D eigenvalue weighted by atomic mass is 35.5. The minimum Gasteiger partial charge on any atom is -0.490 e. The van der Waals surface area contributed by atoms with E-state index in [4.69, 9.17) is 21.1 Å². The van der Waals surface area contributed by atoms with Crippen LogP contribution in [0.4, 0.5) is 5.69 Å². The Morgan fingerprint density at radius 2 is 1.78 bits per heavy atom. The maximum Gasteiger partial charge on any atom is 0.226 e. The molecule has 0 radical (unpaired) electrons. The van der Waals surface area contributed by atoms with Crippen LogP contribution in [0.25, 0.3) is 0 Å². The summed E-state index contributed by atoms with van der Waals surface area (Å²) < 4.78 is 11.2. The molecule has 0 saturated heterocycles. The third-order valence-corrected chi connectivity index (χ3v) is 4.39. The normalized spacial score (nSPS) is 14.0. The summed E-state index contributed by atoms with van der Waals surface area (Å²) in [4.78, 5) is 24.1. The van der Waals surface area contributed by atoms with E-state index >= 15 is 0 Å². The molecule has 142 valence electrons. The van der Waals surface area contributed by atoms with Gasteiger partial charge in [-0.3, -0.25) is 9.59 Å². The van der Waals surface area contributed by atoms with Crippen molar-refractivity contribution < 1.29 is 19.1 Å². The predicted molar refractivity (Wildman–Crippen MR) is 103 cm³/mol. The second kappa shape index (κ2) is 8.77. The fraction of sp³-hybridized carbons (Fsp3) is 0.300. The van der Waals surface area contributed by atoms with Gasteiger partial charge in [0.05, 0.1) is 36.4 Å². The number of rotatable bonds is 5. The minimum absolute atomic E-state index is 0.0777. The van der Waals surface area contributed by atoms with Gasteiger partial charge in [-0.05, 0) is 5.56 Å². The average molecular weight is 389 g/mol. The van der Waals surface area contributed by atoms with E-state index in [9.17, 15) is 9.59 Å². The van der Waals surface area contributed by atoms with Gasteiger partial charge in [-0.15, -0.1) is 0 Å². The number of carbonyl (C=O) groups is 2. The van der Waals surface area contributed by atoms with Crippen molar-refractivity contribution in [3.8, 4) is 11.5 Å². The number of halogens is 1. The Labute approximate surface area is 162 Å². The Hall–Kier alpha value is -2.73. The lowest BCUT2D eigenvalue weighted by molar-refractivity contribution is -0.120. The van der Waals surface area contributed by atoms with E-state index in [1.807, 2.05) is 30.3 Å². The summed E-state index contributed by atoms with van der Waals surface area (Å²) in [5, 5.41) is 5.97. The monoisotopic (exact) mass is 388 g/mol. The van der Waals surface area contributed by atoms with Gasteiger partial charge in [0.15, 0.2) is 11.5 Å². The molecule has 0 aliphatic carbocycles. The second-order valence-corrected chi connectivity index (χ2v) is 6.65. The van der Waals surface area contributed by atoms with Crippen LogP contribution in [0, 0.1) is 0 Å². The van der Waals surface area contributed by atoms with Crippen LogP contribution in [0.2, 0.25) is 5.02 Å². The lowest BCUT2D eigenvalue weighted by Gasteiger charge is -2.19. The first-order valence-corrected chi connectivity index (χ1v) is 9.12. The molecular weight excluding hydrogens is 368 g/mol. The van der Waals surface area contributed by atoms with Crippen molar-refractivity contribution in [2.45, 2.75) is 25.8 Å². The zero-order valence-corrected chi connectivity index (χ0v) is 15.7. The zero-order chi connectivity index (χ0) is 19.2. The van der Waals surface area contributed by atoms with Crippen LogP contribution in [0.5, 0.6) is 11.5 Å². The molecule has 1 aliphatic heterocycles. The Morgan fingerprint density at radius 3 is 2.44 bits per heavy atom. The molecule has 0 saturated carbocycles. The van der Waals surface area contributed by atoms with E-state index < -0.39 is 6.04 Å². The van der Waals surface area contributed by atoms with Gasteiger partial charge in [0, 0.05) is 25.5 Å². The molecule has 1 unspecified atom stereocenters. The lowest BCUT2D eigenvalue weighted by atomic mass is 10.0. The van der Waals surface area contributed by atoms with Crippen molar-refractivity contribution in [1.29, 1.82) is 0 Å². The zero-order valence-electron chi connectivity index (χ0n) is 15.0. The molecule has 2 aromatic rings. The van der Waals surface area contributed by atoms with E-state index in [0.29, 0.717) is 35.4 Å². The predicted octanol–water partition coefficient (Wildman–Crippen LogP) is 3.71. The van der Waals surface area contributed by atoms with Gasteiger partial charge in [0.25, 0.3) is 0 Å². The van der Waals surface area contributed by atoms with Crippen LogP contribution in [0.1, 0.15) is 31.4 Å². The fourth-order valence-corrected chi connectivity index (χ4v) is 3.05. The van der Waals surface area contributed by atoms with E-state index in [-0.39, 0.29) is 18.2 Å². The number of anilines is 1. The molecule has 27 heavy (non-hydrogen) atoms. The van der Waals surface area contributed by atoms with E-state index in [1.54, 1.807) is 12.1 Å². The molecule has 6 nitrogen and oxygen atoms in total. The van der Waals surface area contributed by atoms with Crippen molar-refractivity contribution in [2.75, 3.05) is 18.5 Å². The highest BCUT2D eigenvalue weighted by Gasteiger charge is 2.19. The Kier molecular flexibility index (Phi) is 6.19. The Balaban J connectivity index is 1.74. The summed E-state index contributed by atoms with van der Waals surface area (Å²) in [7, 11) is 0. The molecule has 1 aliphatic rings. The van der Waals surface area contributed by atoms with Gasteiger partial charge in [-0.1, -0.05) is 41.9 Å². The summed E-state index contributed by atoms with van der Waals surface area (Å²) in [6.07, 6.45) is 0.859. The van der Waals surface area contributed by atoms with Gasteiger partial charge in [-0.2, -0.15) is 0 Å². The van der Waals surface area contributed by atoms with Crippen molar-refractivity contribution in [2.24, 2.45) is 0 Å². The first-order chi connectivity index (χ1) is 13.0. The van der Waals surface area contributed by atoms with Gasteiger partial charge in [0.1, 0.15) is 0 Å². The van der Waals surface area contributed by atoms with Crippen LogP contribution in [0.3, 0.4) is 0 Å². The van der Waals surface area contributed by atoms with Gasteiger partial charge in [-0.25, -0.2) is 0 Å². The molecule has 0 fully saturated rings. The number of hydrogen-bond donors (Lipinski definition) is 2. The third kappa shape index (κ3) is 5.14. The quantitative estimate of drug-likeness (QED) is 0.818. The van der Waals surface area contributed by atoms with E-state index in [0.717, 1.165) is 12.0 Å². The fourth-order valence-electron chi connectivity index (χ4n) is 2.85. The van der Waals surface area contributed by atoms with Crippen molar-refractivity contribution in [1.82, 2.24) is 5.32 Å². The number of hydrogen-bond acceptors (Lipinski definition) is 4. The van der Waals surface area contributed by atoms with Crippen molar-refractivity contribution in [3.05, 3.63) is 53.1 Å². The lowest BCUT2D eigenvalue weighted by Crippen LogP contribution is -2.29. The molecule has 2 amide bonds. The summed E-state index contributed by atoms with van der Waals surface area (Å²) >= 11 is 6.28. The molecule has 2 N–H and O–H groups in total. The molecule has 0 aromatic heterocycles.